The number of aromatic hydroxyl groups is 1. The zero-order valence-corrected chi connectivity index (χ0v) is 16.2. The van der Waals surface area contributed by atoms with E-state index in [0.717, 1.165) is 11.3 Å². The molecular weight excluding hydrogens is 398 g/mol. The number of amides is 2. The summed E-state index contributed by atoms with van der Waals surface area (Å²) in [6.45, 7) is 0. The molecule has 3 rings (SSSR count). The van der Waals surface area contributed by atoms with Gasteiger partial charge in [-0.25, -0.2) is 4.98 Å². The molecular formula is C20H18ClN3O5. The highest BCUT2D eigenvalue weighted by atomic mass is 35.5. The summed E-state index contributed by atoms with van der Waals surface area (Å²) >= 11 is 5.80. The highest BCUT2D eigenvalue weighted by molar-refractivity contribution is 6.31. The molecule has 0 fully saturated rings. The number of rotatable bonds is 6. The number of methoxy groups -OCH3 is 1. The van der Waals surface area contributed by atoms with E-state index in [1.807, 2.05) is 24.3 Å². The van der Waals surface area contributed by atoms with Crippen LogP contribution >= 0.6 is 11.6 Å². The number of phenolic OH excluding ortho intramolecular Hbond substituents is 1. The van der Waals surface area contributed by atoms with Crippen molar-refractivity contribution in [1.29, 1.82) is 0 Å². The zero-order chi connectivity index (χ0) is 20.8. The normalized spacial score (nSPS) is 10.4. The number of nitrogens with zero attached hydrogens (tertiary/aromatic N) is 1. The molecule has 0 saturated heterocycles. The Hall–Kier alpha value is -3.52. The first kappa shape index (κ1) is 20.2. The van der Waals surface area contributed by atoms with Crippen LogP contribution in [0.3, 0.4) is 0 Å². The minimum absolute atomic E-state index is 0.0460. The second-order valence-corrected chi connectivity index (χ2v) is 6.45. The van der Waals surface area contributed by atoms with Crippen molar-refractivity contribution in [1.82, 2.24) is 15.8 Å². The van der Waals surface area contributed by atoms with Gasteiger partial charge in [-0.1, -0.05) is 11.6 Å². The number of phenols is 1. The summed E-state index contributed by atoms with van der Waals surface area (Å²) in [6.07, 6.45) is 1.88. The first-order chi connectivity index (χ1) is 14.0. The summed E-state index contributed by atoms with van der Waals surface area (Å²) in [5, 5.41) is 9.98. The molecule has 0 spiro atoms. The van der Waals surface area contributed by atoms with E-state index in [0.29, 0.717) is 11.7 Å². The summed E-state index contributed by atoms with van der Waals surface area (Å²) in [6, 6.07) is 11.3. The number of carbonyl (C=O) groups excluding carboxylic acids is 2. The fraction of sp³-hybridized carbons (Fsp3) is 0.150. The Morgan fingerprint density at radius 1 is 1.17 bits per heavy atom. The van der Waals surface area contributed by atoms with Gasteiger partial charge in [-0.3, -0.25) is 20.4 Å². The van der Waals surface area contributed by atoms with Crippen LogP contribution in [0.2, 0.25) is 5.02 Å². The number of aromatic nitrogens is 1. The molecule has 9 heteroatoms. The Kier molecular flexibility index (Phi) is 6.36. The molecule has 2 aromatic carbocycles. The molecule has 0 aliphatic rings. The molecule has 1 aromatic heterocycles. The summed E-state index contributed by atoms with van der Waals surface area (Å²) in [4.78, 5) is 28.1. The Balaban J connectivity index is 1.50. The van der Waals surface area contributed by atoms with Crippen LogP contribution < -0.4 is 15.6 Å². The summed E-state index contributed by atoms with van der Waals surface area (Å²) in [5.41, 5.74) is 5.29. The van der Waals surface area contributed by atoms with Crippen molar-refractivity contribution in [2.24, 2.45) is 0 Å². The number of hydrogen-bond acceptors (Lipinski definition) is 6. The number of ether oxygens (including phenoxy) is 1. The van der Waals surface area contributed by atoms with E-state index in [-0.39, 0.29) is 29.2 Å². The van der Waals surface area contributed by atoms with Gasteiger partial charge in [0.1, 0.15) is 11.5 Å². The number of carbonyl (C=O) groups is 2. The number of oxazole rings is 1. The lowest BCUT2D eigenvalue weighted by atomic mass is 10.2. The minimum atomic E-state index is -0.684. The molecule has 3 aromatic rings. The molecule has 0 unspecified atom stereocenters. The van der Waals surface area contributed by atoms with Crippen molar-refractivity contribution < 1.29 is 23.8 Å². The molecule has 0 saturated carbocycles. The predicted octanol–water partition coefficient (Wildman–Crippen LogP) is 3.10. The van der Waals surface area contributed by atoms with E-state index in [9.17, 15) is 14.7 Å². The number of hydrogen-bond donors (Lipinski definition) is 3. The predicted molar refractivity (Wildman–Crippen MR) is 106 cm³/mol. The first-order valence-electron chi connectivity index (χ1n) is 8.63. The average Bonchev–Trinajstić information content (AvgIpc) is 3.21. The molecule has 3 N–H and O–H groups in total. The highest BCUT2D eigenvalue weighted by Crippen LogP contribution is 2.23. The Bertz CT molecular complexity index is 1020. The van der Waals surface area contributed by atoms with E-state index in [1.165, 1.54) is 18.2 Å². The van der Waals surface area contributed by atoms with Crippen LogP contribution in [0.1, 0.15) is 22.7 Å². The van der Waals surface area contributed by atoms with Crippen molar-refractivity contribution in [3.8, 4) is 22.8 Å². The van der Waals surface area contributed by atoms with Crippen LogP contribution in [0.5, 0.6) is 11.5 Å². The van der Waals surface area contributed by atoms with Crippen LogP contribution in [-0.4, -0.2) is 29.0 Å². The third kappa shape index (κ3) is 5.26. The van der Waals surface area contributed by atoms with Gasteiger partial charge >= 0.3 is 0 Å². The number of nitrogens with one attached hydrogen (secondary N) is 2. The van der Waals surface area contributed by atoms with Gasteiger partial charge < -0.3 is 14.3 Å². The Morgan fingerprint density at radius 2 is 1.93 bits per heavy atom. The molecule has 29 heavy (non-hydrogen) atoms. The van der Waals surface area contributed by atoms with Gasteiger partial charge in [0.05, 0.1) is 18.9 Å². The van der Waals surface area contributed by atoms with E-state index in [4.69, 9.17) is 20.8 Å². The van der Waals surface area contributed by atoms with Crippen LogP contribution in [0.15, 0.2) is 53.1 Å². The molecule has 0 aliphatic carbocycles. The maximum absolute atomic E-state index is 12.0. The van der Waals surface area contributed by atoms with Crippen LogP contribution in [0.4, 0.5) is 0 Å². The van der Waals surface area contributed by atoms with Crippen molar-refractivity contribution >= 4 is 23.4 Å². The second kappa shape index (κ2) is 9.11. The van der Waals surface area contributed by atoms with Crippen molar-refractivity contribution in [2.45, 2.75) is 12.8 Å². The lowest BCUT2D eigenvalue weighted by molar-refractivity contribution is -0.121. The maximum atomic E-state index is 12.0. The SMILES string of the molecule is COc1ccc(-c2cnc(CCC(=O)NNC(=O)c3cc(Cl)ccc3O)o2)cc1. The molecule has 2 amide bonds. The van der Waals surface area contributed by atoms with Gasteiger partial charge in [-0.15, -0.1) is 0 Å². The molecule has 8 nitrogen and oxygen atoms in total. The van der Waals surface area contributed by atoms with Gasteiger partial charge in [0, 0.05) is 23.4 Å². The lowest BCUT2D eigenvalue weighted by Crippen LogP contribution is -2.41. The van der Waals surface area contributed by atoms with Crippen LogP contribution in [-0.2, 0) is 11.2 Å². The smallest absolute Gasteiger partial charge is 0.273 e. The van der Waals surface area contributed by atoms with Crippen LogP contribution in [0, 0.1) is 0 Å². The fourth-order valence-corrected chi connectivity index (χ4v) is 2.65. The zero-order valence-electron chi connectivity index (χ0n) is 15.4. The average molecular weight is 416 g/mol. The van der Waals surface area contributed by atoms with Crippen LogP contribution in [0.25, 0.3) is 11.3 Å². The van der Waals surface area contributed by atoms with Crippen molar-refractivity contribution in [2.75, 3.05) is 7.11 Å². The van der Waals surface area contributed by atoms with Gasteiger partial charge in [0.15, 0.2) is 11.7 Å². The van der Waals surface area contributed by atoms with Gasteiger partial charge in [-0.2, -0.15) is 0 Å². The number of aryl methyl sites for hydroxylation is 1. The molecule has 1 heterocycles. The quantitative estimate of drug-likeness (QED) is 0.533. The Labute approximate surface area is 171 Å². The van der Waals surface area contributed by atoms with Gasteiger partial charge in [-0.05, 0) is 42.5 Å². The molecule has 0 aliphatic heterocycles. The maximum Gasteiger partial charge on any atom is 0.273 e. The fourth-order valence-electron chi connectivity index (χ4n) is 2.48. The van der Waals surface area contributed by atoms with Gasteiger partial charge in [0.25, 0.3) is 5.91 Å². The molecule has 150 valence electrons. The van der Waals surface area contributed by atoms with Crippen molar-refractivity contribution in [3.05, 3.63) is 65.1 Å². The summed E-state index contributed by atoms with van der Waals surface area (Å²) in [7, 11) is 1.59. The molecule has 0 bridgehead atoms. The largest absolute Gasteiger partial charge is 0.507 e. The summed E-state index contributed by atoms with van der Waals surface area (Å²) in [5.74, 6) is 0.336. The third-order valence-corrected chi connectivity index (χ3v) is 4.25. The standard InChI is InChI=1S/C20H18ClN3O5/c1-28-14-5-2-12(3-6-14)17-11-22-19(29-17)9-8-18(26)23-24-20(27)15-10-13(21)4-7-16(15)25/h2-7,10-11,25H,8-9H2,1H3,(H,23,26)(H,24,27). The third-order valence-electron chi connectivity index (χ3n) is 4.01. The lowest BCUT2D eigenvalue weighted by Gasteiger charge is -2.08. The minimum Gasteiger partial charge on any atom is -0.507 e. The first-order valence-corrected chi connectivity index (χ1v) is 9.01. The monoisotopic (exact) mass is 415 g/mol. The second-order valence-electron chi connectivity index (χ2n) is 6.01. The molecule has 0 radical (unpaired) electrons. The number of benzene rings is 2. The summed E-state index contributed by atoms with van der Waals surface area (Å²) < 4.78 is 10.8. The van der Waals surface area contributed by atoms with Crippen molar-refractivity contribution in [3.63, 3.8) is 0 Å². The molecule has 0 atom stereocenters. The topological polar surface area (TPSA) is 114 Å². The Morgan fingerprint density at radius 3 is 2.66 bits per heavy atom. The van der Waals surface area contributed by atoms with Gasteiger partial charge in [0.2, 0.25) is 5.91 Å². The highest BCUT2D eigenvalue weighted by Gasteiger charge is 2.13. The van der Waals surface area contributed by atoms with E-state index in [2.05, 4.69) is 15.8 Å². The van der Waals surface area contributed by atoms with E-state index < -0.39 is 11.8 Å². The number of halogens is 1. The number of hydrazine groups is 1. The van der Waals surface area contributed by atoms with E-state index in [1.54, 1.807) is 13.3 Å². The van der Waals surface area contributed by atoms with E-state index >= 15 is 0 Å².